The minimum Gasteiger partial charge on any atom is -0.466 e. The Balaban J connectivity index is 1.44. The second kappa shape index (κ2) is 12.3. The number of rotatable bonds is 12. The van der Waals surface area contributed by atoms with E-state index in [2.05, 4.69) is 71.3 Å². The first-order chi connectivity index (χ1) is 20.1. The van der Waals surface area contributed by atoms with Gasteiger partial charge in [0.25, 0.3) is 0 Å². The molecular weight excluding hydrogens is 514 g/mol. The first-order valence-corrected chi connectivity index (χ1v) is 15.7. The number of nitrogens with zero attached hydrogens (tertiary/aromatic N) is 3. The van der Waals surface area contributed by atoms with Crippen molar-refractivity contribution in [1.82, 2.24) is 9.80 Å². The van der Waals surface area contributed by atoms with E-state index in [9.17, 15) is 4.79 Å². The van der Waals surface area contributed by atoms with E-state index in [4.69, 9.17) is 19.2 Å². The topological polar surface area (TPSA) is 63.6 Å². The lowest BCUT2D eigenvalue weighted by atomic mass is 9.74. The fraction of sp³-hybridized carbons (Fsp3) is 0.588. The first-order valence-electron chi connectivity index (χ1n) is 15.7. The van der Waals surface area contributed by atoms with Gasteiger partial charge in [-0.2, -0.15) is 0 Å². The van der Waals surface area contributed by atoms with Gasteiger partial charge >= 0.3 is 5.97 Å². The molecule has 6 rings (SSSR count). The lowest BCUT2D eigenvalue weighted by Gasteiger charge is -2.45. The summed E-state index contributed by atoms with van der Waals surface area (Å²) in [6.07, 6.45) is 6.41. The SMILES string of the molecule is CCCCCC[C@@H]1N(Cc2ccccc2)C[C@H]2[C@H](C(=O)OCC)C3(N4CCOCC4)O[C@@]12N=C3Cc1ccccc1. The number of fused-ring (bicyclic) bond motifs is 1. The quantitative estimate of drug-likeness (QED) is 0.267. The largest absolute Gasteiger partial charge is 0.466 e. The molecule has 3 fully saturated rings. The molecule has 5 atom stereocenters. The van der Waals surface area contributed by atoms with Gasteiger partial charge in [-0.05, 0) is 24.5 Å². The zero-order valence-corrected chi connectivity index (χ0v) is 24.7. The lowest BCUT2D eigenvalue weighted by Crippen LogP contribution is -2.64. The van der Waals surface area contributed by atoms with E-state index in [1.54, 1.807) is 0 Å². The van der Waals surface area contributed by atoms with Crippen LogP contribution in [0.2, 0.25) is 0 Å². The van der Waals surface area contributed by atoms with Gasteiger partial charge in [0.2, 0.25) is 0 Å². The van der Waals surface area contributed by atoms with E-state index in [1.165, 1.54) is 30.4 Å². The van der Waals surface area contributed by atoms with Crippen LogP contribution in [0.3, 0.4) is 0 Å². The standard InChI is InChI=1S/C34H45N3O4/c1-3-5-6-13-18-30-33-28(25-36(30)24-27-16-11-8-12-17-27)31(32(38)40-4-2)34(41-33,37-19-21-39-22-20-37)29(35-33)23-26-14-9-7-10-15-26/h7-12,14-17,28,30-31H,3-6,13,18-25H2,1-2H3/t28-,30-,31+,33+,34?/m0/s1. The molecule has 4 aliphatic rings. The predicted molar refractivity (Wildman–Crippen MR) is 160 cm³/mol. The van der Waals surface area contributed by atoms with E-state index in [0.717, 1.165) is 31.6 Å². The van der Waals surface area contributed by atoms with Crippen molar-refractivity contribution >= 4 is 11.7 Å². The average molecular weight is 560 g/mol. The summed E-state index contributed by atoms with van der Waals surface area (Å²) >= 11 is 0. The number of hydrogen-bond donors (Lipinski definition) is 0. The van der Waals surface area contributed by atoms with Crippen molar-refractivity contribution < 1.29 is 19.0 Å². The minimum absolute atomic E-state index is 0.0659. The van der Waals surface area contributed by atoms with Gasteiger partial charge in [-0.3, -0.25) is 19.6 Å². The lowest BCUT2D eigenvalue weighted by molar-refractivity contribution is -0.182. The van der Waals surface area contributed by atoms with Gasteiger partial charge in [-0.15, -0.1) is 0 Å². The Labute approximate surface area is 244 Å². The summed E-state index contributed by atoms with van der Waals surface area (Å²) in [6, 6.07) is 21.2. The van der Waals surface area contributed by atoms with Crippen LogP contribution in [0.25, 0.3) is 0 Å². The Morgan fingerprint density at radius 1 is 0.976 bits per heavy atom. The number of benzene rings is 2. The molecule has 2 bridgehead atoms. The van der Waals surface area contributed by atoms with Crippen molar-refractivity contribution in [2.45, 2.75) is 76.4 Å². The van der Waals surface area contributed by atoms with Crippen LogP contribution in [-0.2, 0) is 32.0 Å². The highest BCUT2D eigenvalue weighted by atomic mass is 16.6. The van der Waals surface area contributed by atoms with E-state index in [0.29, 0.717) is 39.3 Å². The van der Waals surface area contributed by atoms with Gasteiger partial charge in [0.05, 0.1) is 31.6 Å². The molecule has 0 aliphatic carbocycles. The predicted octanol–water partition coefficient (Wildman–Crippen LogP) is 5.09. The zero-order chi connectivity index (χ0) is 28.3. The number of carbonyl (C=O) groups excluding carboxylic acids is 1. The van der Waals surface area contributed by atoms with Crippen LogP contribution in [0.1, 0.15) is 57.1 Å². The van der Waals surface area contributed by atoms with Crippen LogP contribution in [0.4, 0.5) is 0 Å². The normalized spacial score (nSPS) is 31.3. The summed E-state index contributed by atoms with van der Waals surface area (Å²) < 4.78 is 19.1. The Kier molecular flexibility index (Phi) is 8.59. The highest BCUT2D eigenvalue weighted by Gasteiger charge is 2.78. The third-order valence-corrected chi connectivity index (χ3v) is 9.54. The van der Waals surface area contributed by atoms with Crippen molar-refractivity contribution in [2.24, 2.45) is 16.8 Å². The van der Waals surface area contributed by atoms with E-state index < -0.39 is 17.4 Å². The molecule has 2 aromatic carbocycles. The number of carbonyl (C=O) groups is 1. The van der Waals surface area contributed by atoms with Crippen LogP contribution in [-0.4, -0.2) is 78.4 Å². The van der Waals surface area contributed by atoms with Gasteiger partial charge in [0, 0.05) is 38.5 Å². The number of likely N-dealkylation sites (tertiary alicyclic amines) is 1. The van der Waals surface area contributed by atoms with Gasteiger partial charge in [0.15, 0.2) is 11.4 Å². The molecule has 7 nitrogen and oxygen atoms in total. The monoisotopic (exact) mass is 559 g/mol. The van der Waals surface area contributed by atoms with E-state index in [-0.39, 0.29) is 17.9 Å². The van der Waals surface area contributed by atoms with Crippen LogP contribution in [0.5, 0.6) is 0 Å². The van der Waals surface area contributed by atoms with Crippen LogP contribution in [0, 0.1) is 11.8 Å². The maximum Gasteiger partial charge on any atom is 0.314 e. The maximum absolute atomic E-state index is 14.1. The van der Waals surface area contributed by atoms with Gasteiger partial charge in [-0.1, -0.05) is 93.3 Å². The third-order valence-electron chi connectivity index (χ3n) is 9.54. The maximum atomic E-state index is 14.1. The van der Waals surface area contributed by atoms with Crippen LogP contribution < -0.4 is 0 Å². The average Bonchev–Trinajstić information content (AvgIpc) is 3.59. The minimum atomic E-state index is -0.906. The molecule has 4 aliphatic heterocycles. The number of unbranched alkanes of at least 4 members (excludes halogenated alkanes) is 3. The fourth-order valence-corrected chi connectivity index (χ4v) is 7.80. The van der Waals surface area contributed by atoms with Crippen molar-refractivity contribution in [1.29, 1.82) is 0 Å². The van der Waals surface area contributed by atoms with Crippen molar-refractivity contribution in [2.75, 3.05) is 39.5 Å². The molecule has 1 unspecified atom stereocenters. The summed E-state index contributed by atoms with van der Waals surface area (Å²) in [5.74, 6) is -0.655. The summed E-state index contributed by atoms with van der Waals surface area (Å²) in [7, 11) is 0. The van der Waals surface area contributed by atoms with E-state index >= 15 is 0 Å². The van der Waals surface area contributed by atoms with Gasteiger partial charge in [-0.25, -0.2) is 0 Å². The number of hydrogen-bond acceptors (Lipinski definition) is 7. The number of morpholine rings is 1. The number of ether oxygens (including phenoxy) is 3. The molecule has 2 aromatic rings. The molecule has 0 saturated carbocycles. The summed E-state index contributed by atoms with van der Waals surface area (Å²) in [5, 5.41) is 0. The highest BCUT2D eigenvalue weighted by Crippen LogP contribution is 2.62. The molecular formula is C34H45N3O4. The summed E-state index contributed by atoms with van der Waals surface area (Å²) in [4.78, 5) is 24.6. The first kappa shape index (κ1) is 28.5. The summed E-state index contributed by atoms with van der Waals surface area (Å²) in [5.41, 5.74) is 1.77. The third kappa shape index (κ3) is 5.16. The Bertz CT molecular complexity index is 1200. The molecule has 7 heteroatoms. The molecule has 1 spiro atoms. The Morgan fingerprint density at radius 3 is 2.37 bits per heavy atom. The van der Waals surface area contributed by atoms with Gasteiger partial charge < -0.3 is 14.2 Å². The van der Waals surface area contributed by atoms with Crippen molar-refractivity contribution in [3.8, 4) is 0 Å². The molecule has 4 heterocycles. The molecule has 41 heavy (non-hydrogen) atoms. The zero-order valence-electron chi connectivity index (χ0n) is 24.7. The Hall–Kier alpha value is -2.58. The molecule has 0 radical (unpaired) electrons. The number of esters is 1. The fourth-order valence-electron chi connectivity index (χ4n) is 7.80. The number of aliphatic imine (C=N–C) groups is 1. The smallest absolute Gasteiger partial charge is 0.314 e. The molecule has 0 aromatic heterocycles. The van der Waals surface area contributed by atoms with Crippen LogP contribution in [0.15, 0.2) is 65.7 Å². The molecule has 3 saturated heterocycles. The van der Waals surface area contributed by atoms with E-state index in [1.807, 2.05) is 13.0 Å². The Morgan fingerprint density at radius 2 is 1.68 bits per heavy atom. The second-order valence-corrected chi connectivity index (χ2v) is 12.0. The van der Waals surface area contributed by atoms with Crippen molar-refractivity contribution in [3.63, 3.8) is 0 Å². The van der Waals surface area contributed by atoms with Crippen LogP contribution >= 0.6 is 0 Å². The van der Waals surface area contributed by atoms with Gasteiger partial charge in [0.1, 0.15) is 5.92 Å². The van der Waals surface area contributed by atoms with Crippen molar-refractivity contribution in [3.05, 3.63) is 71.8 Å². The summed E-state index contributed by atoms with van der Waals surface area (Å²) in [6.45, 7) is 8.76. The molecule has 0 N–H and O–H groups in total. The second-order valence-electron chi connectivity index (χ2n) is 12.0. The molecule has 220 valence electrons. The molecule has 0 amide bonds. The highest BCUT2D eigenvalue weighted by molar-refractivity contribution is 6.01.